The molecule has 2 rings (SSSR count). The van der Waals surface area contributed by atoms with Gasteiger partial charge in [0.2, 0.25) is 0 Å². The Morgan fingerprint density at radius 1 is 1.33 bits per heavy atom. The molecule has 0 amide bonds. The number of rotatable bonds is 3. The van der Waals surface area contributed by atoms with Crippen LogP contribution in [-0.2, 0) is 5.88 Å². The Kier molecular flexibility index (Phi) is 3.66. The molecule has 0 bridgehead atoms. The third-order valence-electron chi connectivity index (χ3n) is 2.84. The van der Waals surface area contributed by atoms with Crippen molar-refractivity contribution in [1.29, 1.82) is 0 Å². The summed E-state index contributed by atoms with van der Waals surface area (Å²) in [5.74, 6) is 1.38. The topological polar surface area (TPSA) is 30.7 Å². The molecule has 5 heteroatoms. The molecule has 0 fully saturated rings. The number of halogens is 2. The average Bonchev–Trinajstić information content (AvgIpc) is 2.75. The van der Waals surface area contributed by atoms with Crippen LogP contribution in [0.1, 0.15) is 31.3 Å². The van der Waals surface area contributed by atoms with E-state index >= 15 is 0 Å². The number of nitrogens with zero attached hydrogens (tertiary/aromatic N) is 3. The van der Waals surface area contributed by atoms with Gasteiger partial charge in [-0.2, -0.15) is 0 Å². The van der Waals surface area contributed by atoms with Gasteiger partial charge >= 0.3 is 0 Å². The highest BCUT2D eigenvalue weighted by atomic mass is 35.5. The van der Waals surface area contributed by atoms with E-state index in [0.29, 0.717) is 17.5 Å². The molecule has 0 saturated carbocycles. The minimum absolute atomic E-state index is 0.173. The smallest absolute Gasteiger partial charge is 0.164 e. The molecule has 0 aliphatic carbocycles. The second-order valence-electron chi connectivity index (χ2n) is 4.50. The number of aryl methyl sites for hydroxylation is 1. The lowest BCUT2D eigenvalue weighted by molar-refractivity contribution is 0.583. The highest BCUT2D eigenvalue weighted by molar-refractivity contribution is 6.16. The highest BCUT2D eigenvalue weighted by Crippen LogP contribution is 2.26. The van der Waals surface area contributed by atoms with Crippen molar-refractivity contribution in [3.8, 4) is 11.4 Å². The molecule has 0 N–H and O–H groups in total. The molecule has 0 saturated heterocycles. The largest absolute Gasteiger partial charge is 0.307 e. The Hall–Kier alpha value is -1.42. The first-order chi connectivity index (χ1) is 8.54. The Morgan fingerprint density at radius 2 is 2.06 bits per heavy atom. The van der Waals surface area contributed by atoms with E-state index < -0.39 is 0 Å². The highest BCUT2D eigenvalue weighted by Gasteiger charge is 2.17. The van der Waals surface area contributed by atoms with Crippen molar-refractivity contribution >= 4 is 11.6 Å². The summed E-state index contributed by atoms with van der Waals surface area (Å²) in [5.41, 5.74) is 1.72. The van der Waals surface area contributed by atoms with Gasteiger partial charge in [0.1, 0.15) is 11.6 Å². The van der Waals surface area contributed by atoms with E-state index in [-0.39, 0.29) is 11.9 Å². The van der Waals surface area contributed by atoms with E-state index in [1.54, 1.807) is 6.07 Å². The van der Waals surface area contributed by atoms with Crippen LogP contribution in [0.15, 0.2) is 18.2 Å². The van der Waals surface area contributed by atoms with Crippen LogP contribution in [-0.4, -0.2) is 14.8 Å². The van der Waals surface area contributed by atoms with Crippen molar-refractivity contribution in [3.05, 3.63) is 35.4 Å². The number of hydrogen-bond acceptors (Lipinski definition) is 2. The van der Waals surface area contributed by atoms with Gasteiger partial charge in [-0.3, -0.25) is 0 Å². The summed E-state index contributed by atoms with van der Waals surface area (Å²) in [7, 11) is 0. The zero-order valence-corrected chi connectivity index (χ0v) is 11.4. The van der Waals surface area contributed by atoms with E-state index in [4.69, 9.17) is 11.6 Å². The SMILES string of the molecule is Cc1ccc(F)cc1-c1nnc(CCl)n1C(C)C. The fourth-order valence-electron chi connectivity index (χ4n) is 1.98. The molecule has 0 spiro atoms. The fourth-order valence-corrected chi connectivity index (χ4v) is 2.16. The summed E-state index contributed by atoms with van der Waals surface area (Å²) < 4.78 is 15.3. The molecule has 0 radical (unpaired) electrons. The first-order valence-electron chi connectivity index (χ1n) is 5.81. The van der Waals surface area contributed by atoms with Gasteiger partial charge in [0.05, 0.1) is 5.88 Å². The van der Waals surface area contributed by atoms with Gasteiger partial charge in [0, 0.05) is 11.6 Å². The Morgan fingerprint density at radius 3 is 2.67 bits per heavy atom. The summed E-state index contributed by atoms with van der Waals surface area (Å²) in [4.78, 5) is 0. The van der Waals surface area contributed by atoms with Gasteiger partial charge in [-0.05, 0) is 38.5 Å². The van der Waals surface area contributed by atoms with Crippen LogP contribution in [0.25, 0.3) is 11.4 Å². The second kappa shape index (κ2) is 5.06. The fraction of sp³-hybridized carbons (Fsp3) is 0.385. The van der Waals surface area contributed by atoms with Crippen molar-refractivity contribution < 1.29 is 4.39 Å². The van der Waals surface area contributed by atoms with Crippen molar-refractivity contribution in [2.45, 2.75) is 32.7 Å². The van der Waals surface area contributed by atoms with E-state index in [9.17, 15) is 4.39 Å². The minimum Gasteiger partial charge on any atom is -0.307 e. The lowest BCUT2D eigenvalue weighted by Crippen LogP contribution is -2.07. The summed E-state index contributed by atoms with van der Waals surface area (Å²) in [5, 5.41) is 8.20. The van der Waals surface area contributed by atoms with Gasteiger partial charge in [-0.15, -0.1) is 21.8 Å². The third kappa shape index (κ3) is 2.25. The van der Waals surface area contributed by atoms with Crippen LogP contribution in [0, 0.1) is 12.7 Å². The van der Waals surface area contributed by atoms with Crippen LogP contribution in [0.2, 0.25) is 0 Å². The lowest BCUT2D eigenvalue weighted by Gasteiger charge is -2.14. The molecule has 18 heavy (non-hydrogen) atoms. The zero-order valence-electron chi connectivity index (χ0n) is 10.6. The Balaban J connectivity index is 2.63. The van der Waals surface area contributed by atoms with E-state index in [1.807, 2.05) is 25.3 Å². The van der Waals surface area contributed by atoms with Crippen molar-refractivity contribution in [1.82, 2.24) is 14.8 Å². The molecule has 2 aromatic rings. The molecule has 0 aliphatic rings. The van der Waals surface area contributed by atoms with Gasteiger partial charge in [0.15, 0.2) is 5.82 Å². The summed E-state index contributed by atoms with van der Waals surface area (Å²) in [6.07, 6.45) is 0. The molecule has 0 atom stereocenters. The van der Waals surface area contributed by atoms with Crippen molar-refractivity contribution in [2.24, 2.45) is 0 Å². The first kappa shape index (κ1) is 13.0. The predicted octanol–water partition coefficient (Wildman–Crippen LogP) is 3.71. The standard InChI is InChI=1S/C13H15ClFN3/c1-8(2)18-12(7-14)16-17-13(18)11-6-10(15)5-4-9(11)3/h4-6,8H,7H2,1-3H3. The van der Waals surface area contributed by atoms with Crippen molar-refractivity contribution in [2.75, 3.05) is 0 Å². The second-order valence-corrected chi connectivity index (χ2v) is 4.76. The van der Waals surface area contributed by atoms with E-state index in [1.165, 1.54) is 12.1 Å². The van der Waals surface area contributed by atoms with Crippen molar-refractivity contribution in [3.63, 3.8) is 0 Å². The third-order valence-corrected chi connectivity index (χ3v) is 3.08. The summed E-state index contributed by atoms with van der Waals surface area (Å²) >= 11 is 5.85. The maximum atomic E-state index is 13.4. The molecule has 3 nitrogen and oxygen atoms in total. The quantitative estimate of drug-likeness (QED) is 0.794. The van der Waals surface area contributed by atoms with Crippen LogP contribution >= 0.6 is 11.6 Å². The normalized spacial score (nSPS) is 11.2. The molecule has 96 valence electrons. The summed E-state index contributed by atoms with van der Waals surface area (Å²) in [6.45, 7) is 5.98. The Labute approximate surface area is 111 Å². The number of benzene rings is 1. The number of aromatic nitrogens is 3. The molecule has 1 aromatic heterocycles. The molecule has 0 unspecified atom stereocenters. The first-order valence-corrected chi connectivity index (χ1v) is 6.34. The number of alkyl halides is 1. The lowest BCUT2D eigenvalue weighted by atomic mass is 10.1. The number of hydrogen-bond donors (Lipinski definition) is 0. The molecule has 0 aliphatic heterocycles. The Bertz CT molecular complexity index is 563. The summed E-state index contributed by atoms with van der Waals surface area (Å²) in [6, 6.07) is 4.84. The maximum absolute atomic E-state index is 13.4. The van der Waals surface area contributed by atoms with Crippen LogP contribution in [0.5, 0.6) is 0 Å². The molecule has 1 aromatic carbocycles. The van der Waals surface area contributed by atoms with Gasteiger partial charge in [-0.1, -0.05) is 6.07 Å². The monoisotopic (exact) mass is 267 g/mol. The molecule has 1 heterocycles. The average molecular weight is 268 g/mol. The van der Waals surface area contributed by atoms with Gasteiger partial charge < -0.3 is 4.57 Å². The van der Waals surface area contributed by atoms with Gasteiger partial charge in [-0.25, -0.2) is 4.39 Å². The minimum atomic E-state index is -0.277. The maximum Gasteiger partial charge on any atom is 0.164 e. The predicted molar refractivity (Wildman–Crippen MR) is 70.1 cm³/mol. The van der Waals surface area contributed by atoms with Crippen LogP contribution in [0.3, 0.4) is 0 Å². The van der Waals surface area contributed by atoms with E-state index in [2.05, 4.69) is 10.2 Å². The van der Waals surface area contributed by atoms with Gasteiger partial charge in [0.25, 0.3) is 0 Å². The zero-order chi connectivity index (χ0) is 13.3. The molecular weight excluding hydrogens is 253 g/mol. The van der Waals surface area contributed by atoms with Crippen LogP contribution < -0.4 is 0 Å². The molecular formula is C13H15ClFN3. The van der Waals surface area contributed by atoms with Crippen LogP contribution in [0.4, 0.5) is 4.39 Å². The van der Waals surface area contributed by atoms with E-state index in [0.717, 1.165) is 11.1 Å².